The van der Waals surface area contributed by atoms with Crippen molar-refractivity contribution in [1.82, 2.24) is 15.1 Å². The van der Waals surface area contributed by atoms with E-state index in [0.717, 1.165) is 61.1 Å². The van der Waals surface area contributed by atoms with E-state index < -0.39 is 5.97 Å². The molecule has 21 heavy (non-hydrogen) atoms. The molecule has 1 aliphatic rings. The molecular formula is C15H24BrN3O2. The second kappa shape index (κ2) is 7.40. The number of rotatable bonds is 6. The molecule has 5 nitrogen and oxygen atoms in total. The Kier molecular flexibility index (Phi) is 5.81. The average molecular weight is 358 g/mol. The number of nitrogens with one attached hydrogen (secondary N) is 1. The Bertz CT molecular complexity index is 501. The molecule has 2 atom stereocenters. The average Bonchev–Trinajstić information content (AvgIpc) is 2.81. The Morgan fingerprint density at radius 1 is 1.48 bits per heavy atom. The number of aryl methyl sites for hydroxylation is 2. The van der Waals surface area contributed by atoms with Gasteiger partial charge in [-0.3, -0.25) is 9.48 Å². The topological polar surface area (TPSA) is 67.2 Å². The van der Waals surface area contributed by atoms with Gasteiger partial charge in [0.1, 0.15) is 0 Å². The van der Waals surface area contributed by atoms with Crippen LogP contribution < -0.4 is 5.32 Å². The lowest BCUT2D eigenvalue weighted by Gasteiger charge is -2.27. The second-order valence-corrected chi connectivity index (χ2v) is 6.45. The van der Waals surface area contributed by atoms with E-state index in [2.05, 4.69) is 40.2 Å². The highest BCUT2D eigenvalue weighted by Gasteiger charge is 2.27. The highest BCUT2D eigenvalue weighted by atomic mass is 79.9. The Labute approximate surface area is 134 Å². The van der Waals surface area contributed by atoms with Gasteiger partial charge in [0.2, 0.25) is 0 Å². The molecule has 118 valence electrons. The molecule has 2 rings (SSSR count). The molecular weight excluding hydrogens is 334 g/mol. The minimum atomic E-state index is -0.658. The molecule has 0 bridgehead atoms. The minimum absolute atomic E-state index is 0.193. The van der Waals surface area contributed by atoms with Crippen molar-refractivity contribution in [3.8, 4) is 0 Å². The first-order valence-corrected chi connectivity index (χ1v) is 8.56. The van der Waals surface area contributed by atoms with E-state index in [9.17, 15) is 4.79 Å². The summed E-state index contributed by atoms with van der Waals surface area (Å²) in [6.45, 7) is 5.77. The lowest BCUT2D eigenvalue weighted by atomic mass is 9.86. The molecule has 0 spiro atoms. The fourth-order valence-corrected chi connectivity index (χ4v) is 3.73. The van der Waals surface area contributed by atoms with Gasteiger partial charge in [0.15, 0.2) is 0 Å². The maximum atomic E-state index is 11.1. The molecule has 1 saturated carbocycles. The molecule has 2 unspecified atom stereocenters. The van der Waals surface area contributed by atoms with Crippen molar-refractivity contribution >= 4 is 21.9 Å². The second-order valence-electron chi connectivity index (χ2n) is 5.66. The third kappa shape index (κ3) is 3.86. The number of aromatic nitrogens is 2. The van der Waals surface area contributed by atoms with Crippen molar-refractivity contribution in [1.29, 1.82) is 0 Å². The van der Waals surface area contributed by atoms with E-state index in [-0.39, 0.29) is 12.0 Å². The van der Waals surface area contributed by atoms with Gasteiger partial charge in [0.25, 0.3) is 0 Å². The Balaban J connectivity index is 1.99. The molecule has 1 aliphatic carbocycles. The lowest BCUT2D eigenvalue weighted by molar-refractivity contribution is -0.143. The molecule has 0 aromatic carbocycles. The third-order valence-electron chi connectivity index (χ3n) is 4.28. The van der Waals surface area contributed by atoms with Crippen LogP contribution in [0.3, 0.4) is 0 Å². The summed E-state index contributed by atoms with van der Waals surface area (Å²) in [6, 6.07) is 0.289. The molecule has 1 fully saturated rings. The normalized spacial score (nSPS) is 22.4. The summed E-state index contributed by atoms with van der Waals surface area (Å²) in [5, 5.41) is 17.3. The van der Waals surface area contributed by atoms with Crippen LogP contribution in [0, 0.1) is 5.92 Å². The lowest BCUT2D eigenvalue weighted by Crippen LogP contribution is -2.36. The highest BCUT2D eigenvalue weighted by Crippen LogP contribution is 2.26. The van der Waals surface area contributed by atoms with Gasteiger partial charge >= 0.3 is 5.97 Å². The zero-order chi connectivity index (χ0) is 15.4. The number of aliphatic carboxylic acids is 1. The first kappa shape index (κ1) is 16.5. The summed E-state index contributed by atoms with van der Waals surface area (Å²) in [6.07, 6.45) is 4.49. The maximum Gasteiger partial charge on any atom is 0.306 e. The van der Waals surface area contributed by atoms with Crippen LogP contribution in [-0.4, -0.2) is 26.9 Å². The van der Waals surface area contributed by atoms with Gasteiger partial charge in [0.05, 0.1) is 21.8 Å². The van der Waals surface area contributed by atoms with Crippen LogP contribution in [0.2, 0.25) is 0 Å². The summed E-state index contributed by atoms with van der Waals surface area (Å²) in [5.41, 5.74) is 2.24. The summed E-state index contributed by atoms with van der Waals surface area (Å²) in [5.74, 6) is -0.850. The Morgan fingerprint density at radius 2 is 2.24 bits per heavy atom. The Hall–Kier alpha value is -0.880. The van der Waals surface area contributed by atoms with Gasteiger partial charge in [-0.05, 0) is 48.5 Å². The SMILES string of the molecule is CCc1nn(CC)c(CNC2CCCC(C(=O)O)C2)c1Br. The van der Waals surface area contributed by atoms with Gasteiger partial charge in [-0.2, -0.15) is 5.10 Å². The molecule has 2 N–H and O–H groups in total. The molecule has 1 aromatic rings. The van der Waals surface area contributed by atoms with Crippen molar-refractivity contribution < 1.29 is 9.90 Å². The zero-order valence-corrected chi connectivity index (χ0v) is 14.3. The van der Waals surface area contributed by atoms with E-state index >= 15 is 0 Å². The number of hydrogen-bond acceptors (Lipinski definition) is 3. The first-order valence-electron chi connectivity index (χ1n) is 7.77. The molecule has 6 heteroatoms. The number of carboxylic acids is 1. The van der Waals surface area contributed by atoms with Crippen LogP contribution in [0.1, 0.15) is 50.9 Å². The van der Waals surface area contributed by atoms with Crippen LogP contribution in [0.15, 0.2) is 4.47 Å². The molecule has 1 aromatic heterocycles. The van der Waals surface area contributed by atoms with Crippen LogP contribution in [0.25, 0.3) is 0 Å². The Morgan fingerprint density at radius 3 is 2.86 bits per heavy atom. The fraction of sp³-hybridized carbons (Fsp3) is 0.733. The maximum absolute atomic E-state index is 11.1. The molecule has 0 aliphatic heterocycles. The summed E-state index contributed by atoms with van der Waals surface area (Å²) in [7, 11) is 0. The molecule has 0 saturated heterocycles. The standard InChI is InChI=1S/C15H24BrN3O2/c1-3-12-14(16)13(19(4-2)18-12)9-17-11-7-5-6-10(8-11)15(20)21/h10-11,17H,3-9H2,1-2H3,(H,20,21). The van der Waals surface area contributed by atoms with Crippen molar-refractivity contribution in [2.45, 2.75) is 65.1 Å². The van der Waals surface area contributed by atoms with E-state index in [4.69, 9.17) is 5.11 Å². The number of carboxylic acid groups (broad SMARTS) is 1. The first-order chi connectivity index (χ1) is 10.1. The fourth-order valence-electron chi connectivity index (χ4n) is 3.03. The van der Waals surface area contributed by atoms with E-state index in [1.807, 2.05) is 4.68 Å². The van der Waals surface area contributed by atoms with Crippen LogP contribution in [0.5, 0.6) is 0 Å². The number of carbonyl (C=O) groups is 1. The van der Waals surface area contributed by atoms with Crippen molar-refractivity contribution in [2.24, 2.45) is 5.92 Å². The van der Waals surface area contributed by atoms with Crippen molar-refractivity contribution in [3.63, 3.8) is 0 Å². The van der Waals surface area contributed by atoms with Crippen molar-refractivity contribution in [2.75, 3.05) is 0 Å². The van der Waals surface area contributed by atoms with E-state index in [1.54, 1.807) is 0 Å². The number of nitrogens with zero attached hydrogens (tertiary/aromatic N) is 2. The summed E-state index contributed by atoms with van der Waals surface area (Å²) in [4.78, 5) is 11.1. The predicted molar refractivity (Wildman–Crippen MR) is 85.2 cm³/mol. The quantitative estimate of drug-likeness (QED) is 0.821. The van der Waals surface area contributed by atoms with Gasteiger partial charge < -0.3 is 10.4 Å². The summed E-state index contributed by atoms with van der Waals surface area (Å²) >= 11 is 3.65. The minimum Gasteiger partial charge on any atom is -0.481 e. The molecule has 0 radical (unpaired) electrons. The van der Waals surface area contributed by atoms with Crippen LogP contribution in [-0.2, 0) is 24.3 Å². The third-order valence-corrected chi connectivity index (χ3v) is 5.19. The summed E-state index contributed by atoms with van der Waals surface area (Å²) < 4.78 is 3.11. The van der Waals surface area contributed by atoms with E-state index in [0.29, 0.717) is 0 Å². The highest BCUT2D eigenvalue weighted by molar-refractivity contribution is 9.10. The molecule has 1 heterocycles. The van der Waals surface area contributed by atoms with Crippen molar-refractivity contribution in [3.05, 3.63) is 15.9 Å². The number of halogens is 1. The van der Waals surface area contributed by atoms with Gasteiger partial charge in [-0.25, -0.2) is 0 Å². The van der Waals surface area contributed by atoms with Gasteiger partial charge in [-0.15, -0.1) is 0 Å². The largest absolute Gasteiger partial charge is 0.481 e. The van der Waals surface area contributed by atoms with E-state index in [1.165, 1.54) is 0 Å². The van der Waals surface area contributed by atoms with Gasteiger partial charge in [0, 0.05) is 19.1 Å². The smallest absolute Gasteiger partial charge is 0.306 e. The van der Waals surface area contributed by atoms with Crippen LogP contribution >= 0.6 is 15.9 Å². The number of hydrogen-bond donors (Lipinski definition) is 2. The molecule has 0 amide bonds. The monoisotopic (exact) mass is 357 g/mol. The van der Waals surface area contributed by atoms with Crippen LogP contribution in [0.4, 0.5) is 0 Å². The zero-order valence-electron chi connectivity index (χ0n) is 12.7. The predicted octanol–water partition coefficient (Wildman–Crippen LogP) is 2.96. The van der Waals surface area contributed by atoms with Gasteiger partial charge in [-0.1, -0.05) is 13.3 Å².